The fourth-order valence-electron chi connectivity index (χ4n) is 9.01. The van der Waals surface area contributed by atoms with Crippen molar-refractivity contribution in [2.75, 3.05) is 4.90 Å². The topological polar surface area (TPSA) is 29.3 Å². The van der Waals surface area contributed by atoms with Gasteiger partial charge in [0.1, 0.15) is 11.1 Å². The maximum atomic E-state index is 6.87. The molecule has 258 valence electrons. The lowest BCUT2D eigenvalue weighted by atomic mass is 9.68. The van der Waals surface area contributed by atoms with Gasteiger partial charge < -0.3 is 9.32 Å². The molecule has 0 radical (unpaired) electrons. The Labute approximate surface area is 319 Å². The largest absolute Gasteiger partial charge is 0.452 e. The number of hydrogen-bond acceptors (Lipinski definition) is 3. The van der Waals surface area contributed by atoms with Crippen LogP contribution in [0, 0.1) is 0 Å². The van der Waals surface area contributed by atoms with Crippen LogP contribution in [-0.4, -0.2) is 4.98 Å². The number of rotatable bonds is 6. The maximum Gasteiger partial charge on any atom is 0.177 e. The van der Waals surface area contributed by atoms with Gasteiger partial charge in [0.2, 0.25) is 0 Å². The van der Waals surface area contributed by atoms with Crippen LogP contribution >= 0.6 is 0 Å². The molecule has 0 unspecified atom stereocenters. The van der Waals surface area contributed by atoms with Crippen LogP contribution in [0.2, 0.25) is 0 Å². The van der Waals surface area contributed by atoms with Crippen molar-refractivity contribution < 1.29 is 4.42 Å². The lowest BCUT2D eigenvalue weighted by Gasteiger charge is -2.34. The number of pyridine rings is 1. The maximum absolute atomic E-state index is 6.87. The van der Waals surface area contributed by atoms with Crippen molar-refractivity contribution in [2.45, 2.75) is 5.41 Å². The quantitative estimate of drug-likeness (QED) is 0.173. The van der Waals surface area contributed by atoms with Crippen LogP contribution in [0.1, 0.15) is 22.3 Å². The first-order valence-electron chi connectivity index (χ1n) is 18.8. The summed E-state index contributed by atoms with van der Waals surface area (Å²) in [6.45, 7) is 0. The normalized spacial score (nSPS) is 12.9. The van der Waals surface area contributed by atoms with Gasteiger partial charge in [-0.1, -0.05) is 164 Å². The second-order valence-corrected chi connectivity index (χ2v) is 14.3. The van der Waals surface area contributed by atoms with Crippen LogP contribution in [0.15, 0.2) is 211 Å². The van der Waals surface area contributed by atoms with E-state index in [9.17, 15) is 0 Å². The second-order valence-electron chi connectivity index (χ2n) is 14.3. The standard InChI is InChI=1S/C52H34N2O/c1-4-15-35(16-5-1)36-27-29-41(30-28-36)54(47-31-32-53-50-43-33-37-17-10-11-18-38(37)34-48(43)55-51(47)50)46-26-14-25-45-49(46)42-23-12-13-24-44(42)52(45,39-19-6-2-7-20-39)40-21-8-3-9-22-40/h1-34H. The highest BCUT2D eigenvalue weighted by Crippen LogP contribution is 2.59. The summed E-state index contributed by atoms with van der Waals surface area (Å²) < 4.78 is 6.87. The molecule has 0 bridgehead atoms. The van der Waals surface area contributed by atoms with Gasteiger partial charge in [-0.3, -0.25) is 4.98 Å². The Kier molecular flexibility index (Phi) is 7.08. The van der Waals surface area contributed by atoms with Crippen LogP contribution in [0.4, 0.5) is 17.1 Å². The monoisotopic (exact) mass is 702 g/mol. The molecule has 0 saturated carbocycles. The summed E-state index contributed by atoms with van der Waals surface area (Å²) in [7, 11) is 0. The molecule has 11 rings (SSSR count). The van der Waals surface area contributed by atoms with Gasteiger partial charge in [-0.25, -0.2) is 0 Å². The van der Waals surface area contributed by atoms with E-state index in [1.807, 2.05) is 6.20 Å². The predicted molar refractivity (Wildman–Crippen MR) is 226 cm³/mol. The van der Waals surface area contributed by atoms with E-state index in [0.29, 0.717) is 0 Å². The Morgan fingerprint density at radius 1 is 0.473 bits per heavy atom. The lowest BCUT2D eigenvalue weighted by molar-refractivity contribution is 0.669. The predicted octanol–water partition coefficient (Wildman–Crippen LogP) is 13.6. The zero-order valence-electron chi connectivity index (χ0n) is 29.9. The highest BCUT2D eigenvalue weighted by molar-refractivity contribution is 6.12. The average molecular weight is 703 g/mol. The van der Waals surface area contributed by atoms with Crippen molar-refractivity contribution in [3.63, 3.8) is 0 Å². The summed E-state index contributed by atoms with van der Waals surface area (Å²) in [5.41, 5.74) is 14.7. The molecular weight excluding hydrogens is 669 g/mol. The Bertz CT molecular complexity index is 2980. The van der Waals surface area contributed by atoms with Crippen LogP contribution in [0.5, 0.6) is 0 Å². The molecule has 0 saturated heterocycles. The third-order valence-corrected chi connectivity index (χ3v) is 11.4. The van der Waals surface area contributed by atoms with Crippen LogP contribution < -0.4 is 4.90 Å². The first-order valence-corrected chi connectivity index (χ1v) is 18.8. The molecular formula is C52H34N2O. The van der Waals surface area contributed by atoms with E-state index in [4.69, 9.17) is 9.40 Å². The van der Waals surface area contributed by atoms with Crippen molar-refractivity contribution in [1.82, 2.24) is 4.98 Å². The number of benzene rings is 8. The van der Waals surface area contributed by atoms with Gasteiger partial charge in [0, 0.05) is 22.8 Å². The molecule has 55 heavy (non-hydrogen) atoms. The van der Waals surface area contributed by atoms with E-state index in [-0.39, 0.29) is 0 Å². The van der Waals surface area contributed by atoms with Crippen molar-refractivity contribution >= 4 is 49.9 Å². The van der Waals surface area contributed by atoms with E-state index in [1.54, 1.807) is 0 Å². The number of fused-ring (bicyclic) bond motifs is 7. The zero-order valence-corrected chi connectivity index (χ0v) is 29.9. The van der Waals surface area contributed by atoms with Gasteiger partial charge in [0.05, 0.1) is 16.8 Å². The summed E-state index contributed by atoms with van der Waals surface area (Å²) in [6.07, 6.45) is 1.92. The Hall–Kier alpha value is -7.23. The molecule has 1 aliphatic carbocycles. The summed E-state index contributed by atoms with van der Waals surface area (Å²) >= 11 is 0. The molecule has 2 heterocycles. The highest BCUT2D eigenvalue weighted by Gasteiger charge is 2.47. The molecule has 10 aromatic rings. The third-order valence-electron chi connectivity index (χ3n) is 11.4. The van der Waals surface area contributed by atoms with Crippen molar-refractivity contribution in [1.29, 1.82) is 0 Å². The lowest BCUT2D eigenvalue weighted by Crippen LogP contribution is -2.28. The van der Waals surface area contributed by atoms with E-state index in [2.05, 4.69) is 205 Å². The fraction of sp³-hybridized carbons (Fsp3) is 0.0192. The fourth-order valence-corrected chi connectivity index (χ4v) is 9.01. The number of anilines is 3. The summed E-state index contributed by atoms with van der Waals surface area (Å²) in [5.74, 6) is 0. The molecule has 8 aromatic carbocycles. The average Bonchev–Trinajstić information content (AvgIpc) is 3.78. The Morgan fingerprint density at radius 2 is 1.07 bits per heavy atom. The van der Waals surface area contributed by atoms with Gasteiger partial charge in [-0.15, -0.1) is 0 Å². The van der Waals surface area contributed by atoms with E-state index in [0.717, 1.165) is 55.5 Å². The van der Waals surface area contributed by atoms with Gasteiger partial charge in [0.25, 0.3) is 0 Å². The molecule has 0 fully saturated rings. The summed E-state index contributed by atoms with van der Waals surface area (Å²) in [6, 6.07) is 72.0. The smallest absolute Gasteiger partial charge is 0.177 e. The van der Waals surface area contributed by atoms with Gasteiger partial charge in [0.15, 0.2) is 5.58 Å². The molecule has 3 heteroatoms. The molecule has 0 N–H and O–H groups in total. The number of aromatic nitrogens is 1. The van der Waals surface area contributed by atoms with Gasteiger partial charge in [-0.2, -0.15) is 0 Å². The number of furan rings is 1. The summed E-state index contributed by atoms with van der Waals surface area (Å²) in [5, 5.41) is 3.30. The first kappa shape index (κ1) is 31.3. The molecule has 0 aliphatic heterocycles. The van der Waals surface area contributed by atoms with E-state index < -0.39 is 5.41 Å². The highest BCUT2D eigenvalue weighted by atomic mass is 16.3. The van der Waals surface area contributed by atoms with Crippen LogP contribution in [0.3, 0.4) is 0 Å². The zero-order chi connectivity index (χ0) is 36.3. The molecule has 3 nitrogen and oxygen atoms in total. The molecule has 1 aliphatic rings. The Morgan fingerprint density at radius 3 is 1.80 bits per heavy atom. The van der Waals surface area contributed by atoms with Crippen LogP contribution in [-0.2, 0) is 5.41 Å². The summed E-state index contributed by atoms with van der Waals surface area (Å²) in [4.78, 5) is 7.33. The number of nitrogens with zero attached hydrogens (tertiary/aromatic N) is 2. The molecule has 0 spiro atoms. The molecule has 0 atom stereocenters. The SMILES string of the molecule is c1ccc(-c2ccc(N(c3cccc4c3-c3ccccc3C4(c3ccccc3)c3ccccc3)c3ccnc4c3oc3cc5ccccc5cc34)cc2)cc1. The second kappa shape index (κ2) is 12.4. The van der Waals surface area contributed by atoms with E-state index in [1.165, 1.54) is 38.9 Å². The van der Waals surface area contributed by atoms with Gasteiger partial charge in [-0.05, 0) is 86.1 Å². The van der Waals surface area contributed by atoms with Crippen molar-refractivity contribution in [3.05, 3.63) is 229 Å². The minimum atomic E-state index is -0.527. The Balaban J connectivity index is 1.22. The number of hydrogen-bond donors (Lipinski definition) is 0. The van der Waals surface area contributed by atoms with Crippen molar-refractivity contribution in [3.8, 4) is 22.3 Å². The third kappa shape index (κ3) is 4.73. The minimum Gasteiger partial charge on any atom is -0.452 e. The molecule has 0 amide bonds. The van der Waals surface area contributed by atoms with Crippen molar-refractivity contribution in [2.24, 2.45) is 0 Å². The van der Waals surface area contributed by atoms with E-state index >= 15 is 0 Å². The first-order chi connectivity index (χ1) is 27.3. The van der Waals surface area contributed by atoms with Crippen LogP contribution in [0.25, 0.3) is 55.1 Å². The molecule has 2 aromatic heterocycles. The van der Waals surface area contributed by atoms with Gasteiger partial charge >= 0.3 is 0 Å². The minimum absolute atomic E-state index is 0.527.